The van der Waals surface area contributed by atoms with Gasteiger partial charge in [0.05, 0.1) is 17.0 Å². The molecule has 0 amide bonds. The summed E-state index contributed by atoms with van der Waals surface area (Å²) in [7, 11) is 0. The molecule has 0 aliphatic rings. The zero-order valence-electron chi connectivity index (χ0n) is 9.38. The number of carbonyl (C=O) groups excluding carboxylic acids is 2. The zero-order chi connectivity index (χ0) is 11.8. The van der Waals surface area contributed by atoms with E-state index in [1.807, 2.05) is 6.92 Å². The van der Waals surface area contributed by atoms with Gasteiger partial charge in [0.2, 0.25) is 0 Å². The number of hydrogen-bond donors (Lipinski definition) is 0. The van der Waals surface area contributed by atoms with Crippen molar-refractivity contribution in [1.82, 2.24) is 0 Å². The Hall–Kier alpha value is -0.640. The van der Waals surface area contributed by atoms with Crippen molar-refractivity contribution in [2.75, 3.05) is 5.33 Å². The van der Waals surface area contributed by atoms with E-state index in [1.54, 1.807) is 19.9 Å². The molecule has 0 N–H and O–H groups in total. The number of esters is 1. The van der Waals surface area contributed by atoms with Gasteiger partial charge in [-0.25, -0.2) is 4.79 Å². The van der Waals surface area contributed by atoms with Crippen LogP contribution in [0, 0.1) is 0 Å². The number of halogens is 1. The molecule has 0 aromatic rings. The Kier molecular flexibility index (Phi) is 7.30. The predicted molar refractivity (Wildman–Crippen MR) is 63.0 cm³/mol. The van der Waals surface area contributed by atoms with Crippen LogP contribution in [-0.2, 0) is 14.3 Å². The Bertz CT molecular complexity index is 257. The lowest BCUT2D eigenvalue weighted by Gasteiger charge is -2.09. The average Bonchev–Trinajstić information content (AvgIpc) is 2.16. The third-order valence-corrected chi connectivity index (χ3v) is 2.13. The minimum absolute atomic E-state index is 0.149. The summed E-state index contributed by atoms with van der Waals surface area (Å²) in [5.41, 5.74) is 0.155. The highest BCUT2D eigenvalue weighted by atomic mass is 79.9. The number of allylic oxidation sites excluding steroid dienone is 1. The highest BCUT2D eigenvalue weighted by molar-refractivity contribution is 9.09. The van der Waals surface area contributed by atoms with Gasteiger partial charge in [0.25, 0.3) is 0 Å². The fourth-order valence-corrected chi connectivity index (χ4v) is 1.25. The molecule has 0 atom stereocenters. The predicted octanol–water partition coefficient (Wildman–Crippen LogP) is 2.63. The Labute approximate surface area is 99.0 Å². The molecule has 0 saturated heterocycles. The lowest BCUT2D eigenvalue weighted by atomic mass is 10.1. The van der Waals surface area contributed by atoms with E-state index in [1.165, 1.54) is 0 Å². The fourth-order valence-electron chi connectivity index (χ4n) is 0.949. The molecule has 0 aliphatic heterocycles. The maximum absolute atomic E-state index is 11.5. The Morgan fingerprint density at radius 2 is 2.00 bits per heavy atom. The van der Waals surface area contributed by atoms with Crippen LogP contribution in [0.25, 0.3) is 0 Å². The van der Waals surface area contributed by atoms with Gasteiger partial charge >= 0.3 is 5.97 Å². The van der Waals surface area contributed by atoms with Crippen LogP contribution in [-0.4, -0.2) is 23.2 Å². The van der Waals surface area contributed by atoms with Crippen molar-refractivity contribution >= 4 is 27.7 Å². The molecule has 0 heterocycles. The summed E-state index contributed by atoms with van der Waals surface area (Å²) in [6, 6.07) is 0. The molecule has 0 rings (SSSR count). The van der Waals surface area contributed by atoms with Gasteiger partial charge in [0.1, 0.15) is 0 Å². The molecule has 0 unspecified atom stereocenters. The third kappa shape index (κ3) is 5.72. The topological polar surface area (TPSA) is 43.4 Å². The van der Waals surface area contributed by atoms with E-state index in [0.717, 1.165) is 6.42 Å². The number of carbonyl (C=O) groups is 2. The lowest BCUT2D eigenvalue weighted by Crippen LogP contribution is -2.20. The molecule has 0 aliphatic carbocycles. The maximum atomic E-state index is 11.5. The second-order valence-electron chi connectivity index (χ2n) is 3.42. The van der Waals surface area contributed by atoms with E-state index >= 15 is 0 Å². The molecule has 15 heavy (non-hydrogen) atoms. The Balaban J connectivity index is 4.63. The van der Waals surface area contributed by atoms with Gasteiger partial charge in [0.15, 0.2) is 5.78 Å². The first kappa shape index (κ1) is 14.4. The minimum atomic E-state index is -0.525. The van der Waals surface area contributed by atoms with Crippen LogP contribution >= 0.6 is 15.9 Å². The number of ether oxygens (including phenoxy) is 1. The largest absolute Gasteiger partial charge is 0.459 e. The molecular weight excluding hydrogens is 260 g/mol. The van der Waals surface area contributed by atoms with Crippen LogP contribution in [0.5, 0.6) is 0 Å². The quantitative estimate of drug-likeness (QED) is 0.246. The van der Waals surface area contributed by atoms with E-state index in [9.17, 15) is 9.59 Å². The summed E-state index contributed by atoms with van der Waals surface area (Å²) < 4.78 is 4.98. The number of rotatable bonds is 6. The van der Waals surface area contributed by atoms with E-state index in [0.29, 0.717) is 6.42 Å². The van der Waals surface area contributed by atoms with Crippen molar-refractivity contribution in [2.24, 2.45) is 0 Å². The van der Waals surface area contributed by atoms with Crippen LogP contribution in [0.4, 0.5) is 0 Å². The number of alkyl halides is 1. The molecule has 86 valence electrons. The average molecular weight is 277 g/mol. The number of hydrogen-bond acceptors (Lipinski definition) is 3. The summed E-state index contributed by atoms with van der Waals surface area (Å²) in [5.74, 6) is -0.753. The van der Waals surface area contributed by atoms with Crippen molar-refractivity contribution in [3.05, 3.63) is 11.6 Å². The van der Waals surface area contributed by atoms with Crippen molar-refractivity contribution in [1.29, 1.82) is 0 Å². The van der Waals surface area contributed by atoms with Gasteiger partial charge in [0, 0.05) is 0 Å². The van der Waals surface area contributed by atoms with Crippen molar-refractivity contribution in [3.8, 4) is 0 Å². The van der Waals surface area contributed by atoms with Crippen LogP contribution < -0.4 is 0 Å². The minimum Gasteiger partial charge on any atom is -0.459 e. The zero-order valence-corrected chi connectivity index (χ0v) is 11.0. The smallest absolute Gasteiger partial charge is 0.341 e. The van der Waals surface area contributed by atoms with Crippen molar-refractivity contribution in [2.45, 2.75) is 39.7 Å². The van der Waals surface area contributed by atoms with Crippen LogP contribution in [0.1, 0.15) is 33.6 Å². The van der Waals surface area contributed by atoms with Gasteiger partial charge in [-0.3, -0.25) is 4.79 Å². The number of Topliss-reactive ketones (excluding diaryl/α,β-unsaturated/α-hetero) is 1. The molecule has 0 aromatic heterocycles. The van der Waals surface area contributed by atoms with Crippen LogP contribution in [0.15, 0.2) is 11.6 Å². The first-order valence-corrected chi connectivity index (χ1v) is 6.15. The normalized spacial score (nSPS) is 11.7. The Morgan fingerprint density at radius 3 is 2.40 bits per heavy atom. The maximum Gasteiger partial charge on any atom is 0.341 e. The summed E-state index contributed by atoms with van der Waals surface area (Å²) >= 11 is 3.04. The van der Waals surface area contributed by atoms with Crippen molar-refractivity contribution < 1.29 is 14.3 Å². The summed E-state index contributed by atoms with van der Waals surface area (Å²) in [6.45, 7) is 5.50. The lowest BCUT2D eigenvalue weighted by molar-refractivity contribution is -0.143. The van der Waals surface area contributed by atoms with E-state index in [4.69, 9.17) is 4.74 Å². The standard InChI is InChI=1S/C11H17BrO3/c1-4-5-6-9(10(13)7-12)11(14)15-8(2)3/h6,8H,4-5,7H2,1-3H3. The molecule has 0 bridgehead atoms. The highest BCUT2D eigenvalue weighted by Gasteiger charge is 2.18. The molecule has 4 heteroatoms. The van der Waals surface area contributed by atoms with Gasteiger partial charge in [-0.2, -0.15) is 0 Å². The fraction of sp³-hybridized carbons (Fsp3) is 0.636. The third-order valence-electron chi connectivity index (χ3n) is 1.62. The molecule has 0 aromatic carbocycles. The summed E-state index contributed by atoms with van der Waals surface area (Å²) in [6.07, 6.45) is 3.05. The first-order valence-electron chi connectivity index (χ1n) is 5.03. The number of ketones is 1. The molecule has 3 nitrogen and oxygen atoms in total. The second-order valence-corrected chi connectivity index (χ2v) is 3.98. The van der Waals surface area contributed by atoms with Gasteiger partial charge in [-0.05, 0) is 20.3 Å². The van der Waals surface area contributed by atoms with E-state index < -0.39 is 5.97 Å². The molecule has 0 radical (unpaired) electrons. The van der Waals surface area contributed by atoms with Crippen molar-refractivity contribution in [3.63, 3.8) is 0 Å². The molecule has 0 spiro atoms. The number of unbranched alkanes of at least 4 members (excludes halogenated alkanes) is 1. The van der Waals surface area contributed by atoms with Crippen LogP contribution in [0.2, 0.25) is 0 Å². The van der Waals surface area contributed by atoms with Gasteiger partial charge in [-0.15, -0.1) is 0 Å². The van der Waals surface area contributed by atoms with Crippen LogP contribution in [0.3, 0.4) is 0 Å². The molecule has 0 fully saturated rings. The monoisotopic (exact) mass is 276 g/mol. The van der Waals surface area contributed by atoms with E-state index in [2.05, 4.69) is 15.9 Å². The second kappa shape index (κ2) is 7.63. The molecule has 0 saturated carbocycles. The SMILES string of the molecule is CCCC=C(C(=O)CBr)C(=O)OC(C)C. The summed E-state index contributed by atoms with van der Waals surface area (Å²) in [5, 5.41) is 0.149. The van der Waals surface area contributed by atoms with E-state index in [-0.39, 0.29) is 22.8 Å². The molecular formula is C11H17BrO3. The Morgan fingerprint density at radius 1 is 1.40 bits per heavy atom. The van der Waals surface area contributed by atoms with Gasteiger partial charge < -0.3 is 4.74 Å². The summed E-state index contributed by atoms with van der Waals surface area (Å²) in [4.78, 5) is 23.0. The highest BCUT2D eigenvalue weighted by Crippen LogP contribution is 2.07. The first-order chi connectivity index (χ1) is 7.02. The van der Waals surface area contributed by atoms with Gasteiger partial charge in [-0.1, -0.05) is 35.4 Å².